The lowest BCUT2D eigenvalue weighted by atomic mass is 10.2. The minimum atomic E-state index is -0.790. The van der Waals surface area contributed by atoms with Crippen LogP contribution >= 0.6 is 24.0 Å². The molecule has 31 heavy (non-hydrogen) atoms. The molecule has 0 aromatic heterocycles. The van der Waals surface area contributed by atoms with Gasteiger partial charge in [-0.05, 0) is 50.3 Å². The van der Waals surface area contributed by atoms with Crippen molar-refractivity contribution in [1.82, 2.24) is 4.90 Å². The number of aliphatic carboxylic acids is 1. The molecule has 0 bridgehead atoms. The van der Waals surface area contributed by atoms with Crippen LogP contribution in [0.4, 0.5) is 0 Å². The topological polar surface area (TPSA) is 76.1 Å². The highest BCUT2D eigenvalue weighted by molar-refractivity contribution is 8.26. The fourth-order valence-electron chi connectivity index (χ4n) is 3.15. The average Bonchev–Trinajstić information content (AvgIpc) is 3.38. The van der Waals surface area contributed by atoms with Gasteiger partial charge in [-0.15, -0.1) is 0 Å². The van der Waals surface area contributed by atoms with Gasteiger partial charge in [0.15, 0.2) is 0 Å². The number of amides is 1. The molecule has 1 atom stereocenters. The Morgan fingerprint density at radius 1 is 1.32 bits per heavy atom. The number of thioether (sulfide) groups is 1. The van der Waals surface area contributed by atoms with Crippen LogP contribution in [0.5, 0.6) is 5.75 Å². The number of carbonyl (C=O) groups is 2. The third-order valence-corrected chi connectivity index (χ3v) is 6.31. The molecule has 0 saturated carbocycles. The number of hydrogen-bond acceptors (Lipinski definition) is 6. The van der Waals surface area contributed by atoms with Crippen LogP contribution in [0.15, 0.2) is 41.3 Å². The van der Waals surface area contributed by atoms with Crippen molar-refractivity contribution in [3.8, 4) is 5.75 Å². The van der Waals surface area contributed by atoms with Crippen molar-refractivity contribution in [3.63, 3.8) is 0 Å². The summed E-state index contributed by atoms with van der Waals surface area (Å²) in [5, 5.41) is 8.60. The summed E-state index contributed by atoms with van der Waals surface area (Å²) < 4.78 is 11.4. The van der Waals surface area contributed by atoms with E-state index in [0.29, 0.717) is 34.9 Å². The van der Waals surface area contributed by atoms with E-state index in [9.17, 15) is 9.59 Å². The Morgan fingerprint density at radius 2 is 2.10 bits per heavy atom. The summed E-state index contributed by atoms with van der Waals surface area (Å²) in [6, 6.07) is 9.40. The van der Waals surface area contributed by atoms with Crippen molar-refractivity contribution >= 4 is 40.2 Å². The van der Waals surface area contributed by atoms with E-state index in [2.05, 4.69) is 6.92 Å². The highest BCUT2D eigenvalue weighted by atomic mass is 32.2. The first-order valence-corrected chi connectivity index (χ1v) is 12.0. The van der Waals surface area contributed by atoms with Gasteiger partial charge >= 0.3 is 5.97 Å². The fraction of sp³-hybridized carbons (Fsp3) is 0.522. The first kappa shape index (κ1) is 25.4. The predicted molar refractivity (Wildman–Crippen MR) is 127 cm³/mol. The van der Waals surface area contributed by atoms with E-state index >= 15 is 0 Å². The van der Waals surface area contributed by atoms with E-state index in [1.54, 1.807) is 11.0 Å². The number of benzene rings is 1. The summed E-state index contributed by atoms with van der Waals surface area (Å²) in [4.78, 5) is 25.0. The van der Waals surface area contributed by atoms with Crippen molar-refractivity contribution < 1.29 is 24.2 Å². The van der Waals surface area contributed by atoms with Gasteiger partial charge in [-0.2, -0.15) is 0 Å². The number of ether oxygens (including phenoxy) is 2. The summed E-state index contributed by atoms with van der Waals surface area (Å²) in [6.07, 6.45) is 8.39. The van der Waals surface area contributed by atoms with Gasteiger partial charge in [0.05, 0.1) is 11.0 Å². The third-order valence-electron chi connectivity index (χ3n) is 4.89. The predicted octanol–water partition coefficient (Wildman–Crippen LogP) is 5.03. The van der Waals surface area contributed by atoms with Gasteiger partial charge in [-0.1, -0.05) is 55.5 Å². The normalized spacial score (nSPS) is 19.5. The molecule has 6 nitrogen and oxygen atoms in total. The summed E-state index contributed by atoms with van der Waals surface area (Å²) >= 11 is 6.53. The molecule has 0 aliphatic carbocycles. The maximum Gasteiger partial charge on any atom is 0.303 e. The van der Waals surface area contributed by atoms with Crippen molar-refractivity contribution in [3.05, 3.63) is 41.3 Å². The molecular weight excluding hydrogens is 434 g/mol. The van der Waals surface area contributed by atoms with E-state index < -0.39 is 5.97 Å². The molecular formula is C23H31NO5S2. The number of carbonyl (C=O) groups excluding carboxylic acids is 1. The lowest BCUT2D eigenvalue weighted by Gasteiger charge is -2.13. The zero-order valence-corrected chi connectivity index (χ0v) is 19.6. The number of para-hydroxylation sites is 1. The van der Waals surface area contributed by atoms with E-state index in [1.807, 2.05) is 30.3 Å². The maximum absolute atomic E-state index is 12.3. The number of unbranched alkanes of at least 4 members (excludes halogenated alkanes) is 2. The van der Waals surface area contributed by atoms with Crippen LogP contribution in [0.3, 0.4) is 0 Å². The number of carboxylic acids is 1. The van der Waals surface area contributed by atoms with Crippen LogP contribution in [-0.4, -0.2) is 52.1 Å². The van der Waals surface area contributed by atoms with Gasteiger partial charge in [-0.25, -0.2) is 0 Å². The first-order valence-electron chi connectivity index (χ1n) is 10.8. The second-order valence-electron chi connectivity index (χ2n) is 7.26. The summed E-state index contributed by atoms with van der Waals surface area (Å²) in [5.41, 5.74) is 0. The molecule has 1 aromatic carbocycles. The molecule has 2 aliphatic rings. The van der Waals surface area contributed by atoms with Crippen LogP contribution in [-0.2, 0) is 14.3 Å². The maximum atomic E-state index is 12.3. The van der Waals surface area contributed by atoms with Crippen LogP contribution < -0.4 is 4.74 Å². The van der Waals surface area contributed by atoms with E-state index in [4.69, 9.17) is 26.8 Å². The highest BCUT2D eigenvalue weighted by Gasteiger charge is 2.31. The largest absolute Gasteiger partial charge is 0.489 e. The quantitative estimate of drug-likeness (QED) is 0.295. The minimum Gasteiger partial charge on any atom is -0.489 e. The SMILES string of the molecule is CCC1CCCO1.O=C(O)CCCCCN1C(=O)C(=CCOc2ccccc2)SC1=S. The van der Waals surface area contributed by atoms with E-state index in [1.165, 1.54) is 31.0 Å². The van der Waals surface area contributed by atoms with Crippen LogP contribution in [0.25, 0.3) is 0 Å². The van der Waals surface area contributed by atoms with Crippen molar-refractivity contribution in [2.75, 3.05) is 19.8 Å². The number of carboxylic acid groups (broad SMARTS) is 1. The molecule has 170 valence electrons. The van der Waals surface area contributed by atoms with Crippen LogP contribution in [0.2, 0.25) is 0 Å². The average molecular weight is 466 g/mol. The molecule has 0 radical (unpaired) electrons. The van der Waals surface area contributed by atoms with Gasteiger partial charge in [0, 0.05) is 19.6 Å². The van der Waals surface area contributed by atoms with E-state index in [0.717, 1.165) is 25.2 Å². The molecule has 2 aliphatic heterocycles. The Balaban J connectivity index is 0.000000412. The van der Waals surface area contributed by atoms with Crippen LogP contribution in [0.1, 0.15) is 51.9 Å². The fourth-order valence-corrected chi connectivity index (χ4v) is 4.42. The smallest absolute Gasteiger partial charge is 0.303 e. The first-order chi connectivity index (χ1) is 15.0. The lowest BCUT2D eigenvalue weighted by Crippen LogP contribution is -2.29. The molecule has 0 spiro atoms. The zero-order chi connectivity index (χ0) is 22.5. The molecule has 1 amide bonds. The summed E-state index contributed by atoms with van der Waals surface area (Å²) in [7, 11) is 0. The van der Waals surface area contributed by atoms with E-state index in [-0.39, 0.29) is 12.3 Å². The zero-order valence-electron chi connectivity index (χ0n) is 18.0. The number of rotatable bonds is 10. The molecule has 8 heteroatoms. The second-order valence-corrected chi connectivity index (χ2v) is 8.94. The van der Waals surface area contributed by atoms with Gasteiger partial charge in [0.2, 0.25) is 0 Å². The van der Waals surface area contributed by atoms with Gasteiger partial charge in [0.1, 0.15) is 16.7 Å². The Morgan fingerprint density at radius 3 is 2.71 bits per heavy atom. The van der Waals surface area contributed by atoms with Gasteiger partial charge in [-0.3, -0.25) is 14.5 Å². The van der Waals surface area contributed by atoms with Crippen molar-refractivity contribution in [2.45, 2.75) is 58.0 Å². The Kier molecular flexibility index (Phi) is 11.6. The van der Waals surface area contributed by atoms with Gasteiger partial charge in [0.25, 0.3) is 5.91 Å². The minimum absolute atomic E-state index is 0.0973. The Bertz CT molecular complexity index is 748. The monoisotopic (exact) mass is 465 g/mol. The van der Waals surface area contributed by atoms with Crippen molar-refractivity contribution in [2.24, 2.45) is 0 Å². The summed E-state index contributed by atoms with van der Waals surface area (Å²) in [6.45, 7) is 4.02. The van der Waals surface area contributed by atoms with Crippen molar-refractivity contribution in [1.29, 1.82) is 0 Å². The molecule has 2 heterocycles. The van der Waals surface area contributed by atoms with Gasteiger partial charge < -0.3 is 14.6 Å². The molecule has 3 rings (SSSR count). The molecule has 1 unspecified atom stereocenters. The lowest BCUT2D eigenvalue weighted by molar-refractivity contribution is -0.137. The molecule has 1 N–H and O–H groups in total. The highest BCUT2D eigenvalue weighted by Crippen LogP contribution is 2.31. The third kappa shape index (κ3) is 9.41. The summed E-state index contributed by atoms with van der Waals surface area (Å²) in [5.74, 6) is -0.135. The molecule has 2 fully saturated rings. The Labute approximate surface area is 194 Å². The molecule has 1 aromatic rings. The number of thiocarbonyl (C=S) groups is 1. The number of hydrogen-bond donors (Lipinski definition) is 1. The van der Waals surface area contributed by atoms with Crippen LogP contribution in [0, 0.1) is 0 Å². The molecule has 2 saturated heterocycles. The number of nitrogens with zero attached hydrogens (tertiary/aromatic N) is 1. The Hall–Kier alpha value is -1.90. The standard InChI is InChI=1S/C17H19NO4S2.C6H12O/c19-15(20)9-5-2-6-11-18-16(21)14(24-17(18)23)10-12-22-13-7-3-1-4-8-13;1-2-6-4-3-5-7-6/h1,3-4,7-8,10H,2,5-6,9,11-12H2,(H,19,20);6H,2-5H2,1H3. The second kappa shape index (κ2) is 14.2.